The van der Waals surface area contributed by atoms with E-state index in [-0.39, 0.29) is 0 Å². The van der Waals surface area contributed by atoms with E-state index in [1.165, 1.54) is 16.3 Å². The van der Waals surface area contributed by atoms with E-state index >= 15 is 0 Å². The van der Waals surface area contributed by atoms with Crippen molar-refractivity contribution in [3.63, 3.8) is 0 Å². The van der Waals surface area contributed by atoms with Crippen molar-refractivity contribution in [2.45, 2.75) is 6.54 Å². The van der Waals surface area contributed by atoms with Crippen LogP contribution in [-0.4, -0.2) is 46.9 Å². The average molecular weight is 332 g/mol. The smallest absolute Gasteiger partial charge is 0.0707 e. The highest BCUT2D eigenvalue weighted by molar-refractivity contribution is 5.85. The fourth-order valence-corrected chi connectivity index (χ4v) is 3.43. The Bertz CT molecular complexity index is 867. The molecule has 128 valence electrons. The van der Waals surface area contributed by atoms with Gasteiger partial charge in [0.05, 0.1) is 11.9 Å². The van der Waals surface area contributed by atoms with Crippen molar-refractivity contribution >= 4 is 17.0 Å². The van der Waals surface area contributed by atoms with Gasteiger partial charge in [0, 0.05) is 46.0 Å². The van der Waals surface area contributed by atoms with Crippen molar-refractivity contribution in [3.05, 3.63) is 72.1 Å². The van der Waals surface area contributed by atoms with Crippen molar-refractivity contribution in [2.24, 2.45) is 12.1 Å². The molecule has 1 saturated heterocycles. The quantitative estimate of drug-likeness (QED) is 0.684. The summed E-state index contributed by atoms with van der Waals surface area (Å²) in [6.07, 6.45) is 4.00. The summed E-state index contributed by atoms with van der Waals surface area (Å²) >= 11 is 0. The minimum Gasteiger partial charge on any atom is -0.350 e. The zero-order chi connectivity index (χ0) is 17.1. The van der Waals surface area contributed by atoms with Crippen molar-refractivity contribution in [1.29, 1.82) is 0 Å². The molecule has 3 aromatic rings. The first-order valence-corrected chi connectivity index (χ1v) is 8.89. The molecule has 4 heteroatoms. The molecule has 1 aliphatic heterocycles. The van der Waals surface area contributed by atoms with E-state index in [2.05, 4.69) is 68.1 Å². The van der Waals surface area contributed by atoms with Gasteiger partial charge >= 0.3 is 0 Å². The first-order valence-electron chi connectivity index (χ1n) is 8.89. The Labute approximate surface area is 149 Å². The summed E-state index contributed by atoms with van der Waals surface area (Å²) in [5.74, 6) is 0. The highest BCUT2D eigenvalue weighted by atomic mass is 15.5. The molecule has 0 saturated carbocycles. The van der Waals surface area contributed by atoms with Gasteiger partial charge in [0.25, 0.3) is 0 Å². The summed E-state index contributed by atoms with van der Waals surface area (Å²) in [5.41, 5.74) is 2.55. The highest BCUT2D eigenvalue weighted by Crippen LogP contribution is 2.20. The van der Waals surface area contributed by atoms with E-state index < -0.39 is 0 Å². The van der Waals surface area contributed by atoms with Gasteiger partial charge in [-0.2, -0.15) is 5.10 Å². The molecular weight excluding hydrogens is 308 g/mol. The Morgan fingerprint density at radius 1 is 0.920 bits per heavy atom. The van der Waals surface area contributed by atoms with Gasteiger partial charge in [-0.3, -0.25) is 9.91 Å². The average Bonchev–Trinajstić information content (AvgIpc) is 3.06. The van der Waals surface area contributed by atoms with Crippen LogP contribution in [0, 0.1) is 0 Å². The molecule has 0 aliphatic carbocycles. The van der Waals surface area contributed by atoms with Crippen LogP contribution in [0.5, 0.6) is 0 Å². The molecular formula is C21H24N4. The van der Waals surface area contributed by atoms with E-state index in [1.54, 1.807) is 0 Å². The van der Waals surface area contributed by atoms with Crippen LogP contribution in [-0.2, 0) is 13.6 Å². The molecule has 0 amide bonds. The summed E-state index contributed by atoms with van der Waals surface area (Å²) in [5, 5.41) is 9.51. The summed E-state index contributed by atoms with van der Waals surface area (Å²) in [6, 6.07) is 19.4. The third-order valence-electron chi connectivity index (χ3n) is 4.96. The maximum atomic E-state index is 4.64. The van der Waals surface area contributed by atoms with Crippen LogP contribution in [0.15, 0.2) is 65.9 Å². The minimum absolute atomic E-state index is 0.978. The van der Waals surface area contributed by atoms with Crippen LogP contribution in [0.25, 0.3) is 10.8 Å². The molecule has 0 atom stereocenters. The predicted molar refractivity (Wildman–Crippen MR) is 104 cm³/mol. The number of rotatable bonds is 4. The number of piperazine rings is 1. The normalized spacial score (nSPS) is 16.1. The fraction of sp³-hybridized carbons (Fsp3) is 0.286. The molecule has 0 spiro atoms. The van der Waals surface area contributed by atoms with Gasteiger partial charge in [-0.05, 0) is 28.5 Å². The first kappa shape index (κ1) is 15.9. The fourth-order valence-electron chi connectivity index (χ4n) is 3.43. The second kappa shape index (κ2) is 7.11. The Kier molecular flexibility index (Phi) is 4.53. The summed E-state index contributed by atoms with van der Waals surface area (Å²) < 4.78 is 2.08. The molecule has 1 aromatic heterocycles. The van der Waals surface area contributed by atoms with Gasteiger partial charge in [-0.25, -0.2) is 0 Å². The molecule has 25 heavy (non-hydrogen) atoms. The second-order valence-corrected chi connectivity index (χ2v) is 6.66. The molecule has 2 aromatic carbocycles. The van der Waals surface area contributed by atoms with E-state index in [9.17, 15) is 0 Å². The standard InChI is InChI=1S/C21H24N4/c1-23-11-5-9-20(23)16-22-25-14-12-24(13-15-25)17-19-8-4-7-18-6-2-3-10-21(18)19/h2-11,16H,12-15,17H2,1H3/b22-16-. The second-order valence-electron chi connectivity index (χ2n) is 6.66. The number of benzene rings is 2. The molecule has 4 rings (SSSR count). The van der Waals surface area contributed by atoms with E-state index in [4.69, 9.17) is 0 Å². The van der Waals surface area contributed by atoms with Gasteiger partial charge in [0.1, 0.15) is 0 Å². The summed E-state index contributed by atoms with van der Waals surface area (Å²) in [4.78, 5) is 2.52. The van der Waals surface area contributed by atoms with Crippen molar-refractivity contribution in [3.8, 4) is 0 Å². The molecule has 2 heterocycles. The number of hydrazone groups is 1. The number of fused-ring (bicyclic) bond motifs is 1. The molecule has 0 bridgehead atoms. The third kappa shape index (κ3) is 3.59. The molecule has 0 N–H and O–H groups in total. The highest BCUT2D eigenvalue weighted by Gasteiger charge is 2.16. The lowest BCUT2D eigenvalue weighted by Crippen LogP contribution is -2.43. The number of hydrogen-bond acceptors (Lipinski definition) is 3. The van der Waals surface area contributed by atoms with Crippen molar-refractivity contribution < 1.29 is 0 Å². The largest absolute Gasteiger partial charge is 0.350 e. The number of nitrogens with zero attached hydrogens (tertiary/aromatic N) is 4. The Morgan fingerprint density at radius 2 is 1.72 bits per heavy atom. The summed E-state index contributed by atoms with van der Waals surface area (Å²) in [7, 11) is 2.05. The third-order valence-corrected chi connectivity index (χ3v) is 4.96. The lowest BCUT2D eigenvalue weighted by atomic mass is 10.0. The van der Waals surface area contributed by atoms with Crippen LogP contribution < -0.4 is 0 Å². The predicted octanol–water partition coefficient (Wildman–Crippen LogP) is 3.33. The zero-order valence-electron chi connectivity index (χ0n) is 14.7. The van der Waals surface area contributed by atoms with Gasteiger partial charge < -0.3 is 4.57 Å². The van der Waals surface area contributed by atoms with Crippen LogP contribution in [0.2, 0.25) is 0 Å². The molecule has 4 nitrogen and oxygen atoms in total. The van der Waals surface area contributed by atoms with Crippen LogP contribution in [0.3, 0.4) is 0 Å². The van der Waals surface area contributed by atoms with Crippen LogP contribution >= 0.6 is 0 Å². The molecule has 1 aliphatic rings. The van der Waals surface area contributed by atoms with Crippen molar-refractivity contribution in [1.82, 2.24) is 14.5 Å². The monoisotopic (exact) mass is 332 g/mol. The maximum Gasteiger partial charge on any atom is 0.0707 e. The zero-order valence-corrected chi connectivity index (χ0v) is 14.7. The number of aryl methyl sites for hydroxylation is 1. The maximum absolute atomic E-state index is 4.64. The SMILES string of the molecule is Cn1cccc1/C=N\N1CCN(Cc2cccc3ccccc23)CC1. The van der Waals surface area contributed by atoms with Crippen molar-refractivity contribution in [2.75, 3.05) is 26.2 Å². The molecule has 0 radical (unpaired) electrons. The van der Waals surface area contributed by atoms with Gasteiger partial charge in [-0.15, -0.1) is 0 Å². The first-order chi connectivity index (χ1) is 12.3. The van der Waals surface area contributed by atoms with Gasteiger partial charge in [0.15, 0.2) is 0 Å². The topological polar surface area (TPSA) is 23.8 Å². The lowest BCUT2D eigenvalue weighted by molar-refractivity contribution is 0.131. The van der Waals surface area contributed by atoms with E-state index in [0.717, 1.165) is 38.4 Å². The Hall–Kier alpha value is -2.59. The minimum atomic E-state index is 0.978. The Morgan fingerprint density at radius 3 is 2.52 bits per heavy atom. The lowest BCUT2D eigenvalue weighted by Gasteiger charge is -2.33. The number of aromatic nitrogens is 1. The van der Waals surface area contributed by atoms with Crippen LogP contribution in [0.1, 0.15) is 11.3 Å². The Balaban J connectivity index is 1.37. The van der Waals surface area contributed by atoms with E-state index in [1.807, 2.05) is 25.5 Å². The summed E-state index contributed by atoms with van der Waals surface area (Å²) in [6.45, 7) is 5.06. The van der Waals surface area contributed by atoms with Gasteiger partial charge in [0.2, 0.25) is 0 Å². The van der Waals surface area contributed by atoms with Gasteiger partial charge in [-0.1, -0.05) is 42.5 Å². The number of hydrogen-bond donors (Lipinski definition) is 0. The molecule has 0 unspecified atom stereocenters. The van der Waals surface area contributed by atoms with Crippen LogP contribution in [0.4, 0.5) is 0 Å². The van der Waals surface area contributed by atoms with E-state index in [0.29, 0.717) is 0 Å². The molecule has 1 fully saturated rings.